The third-order valence-electron chi connectivity index (χ3n) is 1.72. The first-order valence-corrected chi connectivity index (χ1v) is 6.34. The van der Waals surface area contributed by atoms with Crippen molar-refractivity contribution in [1.29, 1.82) is 0 Å². The first-order chi connectivity index (χ1) is 5.66. The molecule has 3 heteroatoms. The lowest BCUT2D eigenvalue weighted by Crippen LogP contribution is -1.89. The van der Waals surface area contributed by atoms with Gasteiger partial charge in [-0.1, -0.05) is 26.7 Å². The highest BCUT2D eigenvalue weighted by molar-refractivity contribution is 7.39. The van der Waals surface area contributed by atoms with Gasteiger partial charge in [0.1, 0.15) is 0 Å². The van der Waals surface area contributed by atoms with E-state index in [2.05, 4.69) is 13.8 Å². The zero-order chi connectivity index (χ0) is 9.40. The van der Waals surface area contributed by atoms with Gasteiger partial charge < -0.3 is 4.52 Å². The molecule has 0 N–H and O–H groups in total. The molecule has 12 heavy (non-hydrogen) atoms. The third-order valence-corrected chi connectivity index (χ3v) is 3.09. The fourth-order valence-corrected chi connectivity index (χ4v) is 2.06. The van der Waals surface area contributed by atoms with Crippen LogP contribution >= 0.6 is 8.03 Å². The van der Waals surface area contributed by atoms with Crippen LogP contribution in [0.3, 0.4) is 0 Å². The molecule has 0 radical (unpaired) electrons. The summed E-state index contributed by atoms with van der Waals surface area (Å²) in [5.41, 5.74) is 0. The van der Waals surface area contributed by atoms with Gasteiger partial charge in [-0.2, -0.15) is 0 Å². The van der Waals surface area contributed by atoms with Crippen molar-refractivity contribution in [2.75, 3.05) is 12.8 Å². The van der Waals surface area contributed by atoms with Crippen LogP contribution in [-0.4, -0.2) is 12.8 Å². The van der Waals surface area contributed by atoms with Crippen molar-refractivity contribution in [2.24, 2.45) is 5.92 Å². The molecule has 0 saturated heterocycles. The van der Waals surface area contributed by atoms with Gasteiger partial charge in [0.2, 0.25) is 0 Å². The molecule has 0 bridgehead atoms. The number of hydrogen-bond acceptors (Lipinski definition) is 2. The van der Waals surface area contributed by atoms with Crippen LogP contribution in [0.25, 0.3) is 0 Å². The van der Waals surface area contributed by atoms with Gasteiger partial charge in [-0.3, -0.25) is 4.57 Å². The second-order valence-corrected chi connectivity index (χ2v) is 4.98. The van der Waals surface area contributed by atoms with E-state index in [0.717, 1.165) is 18.5 Å². The standard InChI is InChI=1S/C9H21O2P/c1-4-11-12(10)8-6-5-7-9(2)3/h9,12H,4-8H2,1-3H3. The lowest BCUT2D eigenvalue weighted by atomic mass is 10.1. The Bertz CT molecular complexity index is 124. The summed E-state index contributed by atoms with van der Waals surface area (Å²) >= 11 is 0. The fraction of sp³-hybridized carbons (Fsp3) is 1.00. The Morgan fingerprint density at radius 1 is 1.33 bits per heavy atom. The van der Waals surface area contributed by atoms with E-state index in [1.807, 2.05) is 6.92 Å². The van der Waals surface area contributed by atoms with Gasteiger partial charge in [0, 0.05) is 6.16 Å². The van der Waals surface area contributed by atoms with Gasteiger partial charge in [-0.25, -0.2) is 0 Å². The highest BCUT2D eigenvalue weighted by Crippen LogP contribution is 2.23. The van der Waals surface area contributed by atoms with Crippen molar-refractivity contribution >= 4 is 8.03 Å². The van der Waals surface area contributed by atoms with Gasteiger partial charge >= 0.3 is 0 Å². The van der Waals surface area contributed by atoms with Crippen molar-refractivity contribution in [3.05, 3.63) is 0 Å². The largest absolute Gasteiger partial charge is 0.331 e. The summed E-state index contributed by atoms with van der Waals surface area (Å²) in [7, 11) is -1.69. The van der Waals surface area contributed by atoms with Crippen LogP contribution in [0.5, 0.6) is 0 Å². The normalized spacial score (nSPS) is 13.7. The Labute approximate surface area is 76.6 Å². The van der Waals surface area contributed by atoms with Gasteiger partial charge in [-0.05, 0) is 19.3 Å². The Balaban J connectivity index is 3.14. The zero-order valence-corrected chi connectivity index (χ0v) is 9.43. The van der Waals surface area contributed by atoms with Crippen LogP contribution in [-0.2, 0) is 9.09 Å². The van der Waals surface area contributed by atoms with Crippen LogP contribution in [0.15, 0.2) is 0 Å². The number of hydrogen-bond donors (Lipinski definition) is 0. The second kappa shape index (κ2) is 7.82. The van der Waals surface area contributed by atoms with Crippen molar-refractivity contribution in [1.82, 2.24) is 0 Å². The summed E-state index contributed by atoms with van der Waals surface area (Å²) in [6.45, 7) is 6.90. The molecule has 0 rings (SSSR count). The second-order valence-electron chi connectivity index (χ2n) is 3.44. The maximum atomic E-state index is 11.1. The third kappa shape index (κ3) is 8.29. The molecule has 0 fully saturated rings. The van der Waals surface area contributed by atoms with Gasteiger partial charge in [0.05, 0.1) is 6.61 Å². The van der Waals surface area contributed by atoms with E-state index in [1.54, 1.807) is 0 Å². The number of rotatable bonds is 7. The smallest absolute Gasteiger partial charge is 0.191 e. The predicted molar refractivity (Wildman–Crippen MR) is 54.2 cm³/mol. The Morgan fingerprint density at radius 2 is 2.00 bits per heavy atom. The topological polar surface area (TPSA) is 26.3 Å². The van der Waals surface area contributed by atoms with Crippen LogP contribution < -0.4 is 0 Å². The van der Waals surface area contributed by atoms with Gasteiger partial charge in [0.25, 0.3) is 0 Å². The summed E-state index contributed by atoms with van der Waals surface area (Å²) < 4.78 is 16.0. The van der Waals surface area contributed by atoms with Crippen molar-refractivity contribution < 1.29 is 9.09 Å². The summed E-state index contributed by atoms with van der Waals surface area (Å²) in [4.78, 5) is 0. The summed E-state index contributed by atoms with van der Waals surface area (Å²) in [5, 5.41) is 0. The summed E-state index contributed by atoms with van der Waals surface area (Å²) in [6.07, 6.45) is 4.24. The quantitative estimate of drug-likeness (QED) is 0.457. The average Bonchev–Trinajstić information content (AvgIpc) is 1.98. The molecule has 74 valence electrons. The minimum absolute atomic E-state index is 0.585. The van der Waals surface area contributed by atoms with E-state index in [4.69, 9.17) is 4.52 Å². The predicted octanol–water partition coefficient (Wildman–Crippen LogP) is 3.32. The van der Waals surface area contributed by atoms with E-state index >= 15 is 0 Å². The van der Waals surface area contributed by atoms with E-state index < -0.39 is 8.03 Å². The van der Waals surface area contributed by atoms with Crippen molar-refractivity contribution in [3.63, 3.8) is 0 Å². The van der Waals surface area contributed by atoms with E-state index in [-0.39, 0.29) is 0 Å². The molecular weight excluding hydrogens is 171 g/mol. The lowest BCUT2D eigenvalue weighted by molar-refractivity contribution is 0.349. The first kappa shape index (κ1) is 12.2. The minimum atomic E-state index is -1.69. The molecular formula is C9H21O2P. The van der Waals surface area contributed by atoms with Crippen molar-refractivity contribution in [2.45, 2.75) is 40.0 Å². The number of unbranched alkanes of at least 4 members (excludes halogenated alkanes) is 1. The molecule has 0 aromatic rings. The minimum Gasteiger partial charge on any atom is -0.331 e. The highest BCUT2D eigenvalue weighted by atomic mass is 31.1. The molecule has 0 aliphatic carbocycles. The summed E-state index contributed by atoms with van der Waals surface area (Å²) in [5.74, 6) is 0.763. The molecule has 1 atom stereocenters. The Kier molecular flexibility index (Phi) is 7.94. The molecule has 2 nitrogen and oxygen atoms in total. The molecule has 0 aromatic heterocycles. The monoisotopic (exact) mass is 192 g/mol. The van der Waals surface area contributed by atoms with Gasteiger partial charge in [0.15, 0.2) is 8.03 Å². The van der Waals surface area contributed by atoms with E-state index in [0.29, 0.717) is 6.61 Å². The molecule has 0 aromatic carbocycles. The highest BCUT2D eigenvalue weighted by Gasteiger charge is 1.99. The van der Waals surface area contributed by atoms with E-state index in [9.17, 15) is 4.57 Å². The molecule has 0 aliphatic heterocycles. The molecule has 0 aliphatic rings. The van der Waals surface area contributed by atoms with Crippen molar-refractivity contribution in [3.8, 4) is 0 Å². The average molecular weight is 192 g/mol. The Hall–Kier alpha value is 0.190. The molecule has 0 amide bonds. The van der Waals surface area contributed by atoms with E-state index in [1.165, 1.54) is 12.8 Å². The molecule has 1 unspecified atom stereocenters. The van der Waals surface area contributed by atoms with Crippen LogP contribution in [0.1, 0.15) is 40.0 Å². The lowest BCUT2D eigenvalue weighted by Gasteiger charge is -2.04. The SMILES string of the molecule is CCO[PH](=O)CCCCC(C)C. The Morgan fingerprint density at radius 3 is 2.50 bits per heavy atom. The summed E-state index contributed by atoms with van der Waals surface area (Å²) in [6, 6.07) is 0. The molecule has 0 saturated carbocycles. The zero-order valence-electron chi connectivity index (χ0n) is 8.43. The van der Waals surface area contributed by atoms with Crippen LogP contribution in [0.2, 0.25) is 0 Å². The van der Waals surface area contributed by atoms with Gasteiger partial charge in [-0.15, -0.1) is 0 Å². The van der Waals surface area contributed by atoms with Crippen LogP contribution in [0, 0.1) is 5.92 Å². The fourth-order valence-electron chi connectivity index (χ4n) is 1.06. The molecule has 0 heterocycles. The maximum Gasteiger partial charge on any atom is 0.191 e. The maximum absolute atomic E-state index is 11.1. The van der Waals surface area contributed by atoms with Crippen LogP contribution in [0.4, 0.5) is 0 Å². The first-order valence-electron chi connectivity index (χ1n) is 4.82. The molecule has 0 spiro atoms.